The molecule has 0 unspecified atom stereocenters. The van der Waals surface area contributed by atoms with Crippen LogP contribution < -0.4 is 0 Å². The molecule has 0 aliphatic heterocycles. The number of esters is 2. The van der Waals surface area contributed by atoms with Crippen LogP contribution >= 0.6 is 0 Å². The largest absolute Gasteiger partial charge is 0.462 e. The maximum atomic E-state index is 11.1. The summed E-state index contributed by atoms with van der Waals surface area (Å²) < 4.78 is 14.4. The molecule has 0 amide bonds. The molecule has 0 aromatic rings. The minimum Gasteiger partial charge on any atom is -0.462 e. The third kappa shape index (κ3) is 10.8. The molecule has 6 heteroatoms. The zero-order valence-electron chi connectivity index (χ0n) is 10.2. The lowest BCUT2D eigenvalue weighted by atomic mass is 10.5. The van der Waals surface area contributed by atoms with Crippen molar-refractivity contribution in [3.8, 4) is 0 Å². The van der Waals surface area contributed by atoms with E-state index < -0.39 is 11.9 Å². The van der Waals surface area contributed by atoms with Gasteiger partial charge in [-0.05, 0) is 0 Å². The second-order valence-electron chi connectivity index (χ2n) is 3.11. The highest BCUT2D eigenvalue weighted by molar-refractivity contribution is 5.91. The summed E-state index contributed by atoms with van der Waals surface area (Å²) in [6, 6.07) is 0. The van der Waals surface area contributed by atoms with Gasteiger partial charge in [0.2, 0.25) is 0 Å². The molecule has 0 aliphatic rings. The smallest absolute Gasteiger partial charge is 0.331 e. The number of ether oxygens (including phenoxy) is 3. The van der Waals surface area contributed by atoms with Crippen LogP contribution in [0.4, 0.5) is 0 Å². The van der Waals surface area contributed by atoms with Gasteiger partial charge in [-0.1, -0.05) is 6.08 Å². The van der Waals surface area contributed by atoms with E-state index in [9.17, 15) is 9.59 Å². The van der Waals surface area contributed by atoms with E-state index >= 15 is 0 Å². The number of carbonyl (C=O) groups excluding carboxylic acids is 2. The molecule has 0 saturated heterocycles. The Morgan fingerprint density at radius 2 is 1.67 bits per heavy atom. The van der Waals surface area contributed by atoms with Gasteiger partial charge in [0.25, 0.3) is 0 Å². The van der Waals surface area contributed by atoms with Gasteiger partial charge >= 0.3 is 11.9 Å². The molecular weight excluding hydrogens is 240 g/mol. The summed E-state index contributed by atoms with van der Waals surface area (Å²) in [6.07, 6.45) is 3.91. The first kappa shape index (κ1) is 16.3. The SMILES string of the molecule is C=CCOCCOC(=O)/C=C/C(=O)OCCCO. The molecule has 102 valence electrons. The summed E-state index contributed by atoms with van der Waals surface area (Å²) >= 11 is 0. The van der Waals surface area contributed by atoms with Gasteiger partial charge in [-0.25, -0.2) is 9.59 Å². The highest BCUT2D eigenvalue weighted by Crippen LogP contribution is 1.88. The van der Waals surface area contributed by atoms with Crippen molar-refractivity contribution in [3.63, 3.8) is 0 Å². The van der Waals surface area contributed by atoms with Crippen LogP contribution in [0.3, 0.4) is 0 Å². The van der Waals surface area contributed by atoms with Gasteiger partial charge in [0.05, 0.1) is 19.8 Å². The van der Waals surface area contributed by atoms with E-state index in [1.807, 2.05) is 0 Å². The molecule has 0 radical (unpaired) electrons. The van der Waals surface area contributed by atoms with Crippen LogP contribution in [-0.2, 0) is 23.8 Å². The molecule has 0 spiro atoms. The molecule has 6 nitrogen and oxygen atoms in total. The van der Waals surface area contributed by atoms with E-state index in [1.165, 1.54) is 0 Å². The Balaban J connectivity index is 3.59. The third-order valence-electron chi connectivity index (χ3n) is 1.61. The number of carbonyl (C=O) groups is 2. The molecule has 0 atom stereocenters. The van der Waals surface area contributed by atoms with Crippen molar-refractivity contribution in [1.29, 1.82) is 0 Å². The molecule has 0 heterocycles. The van der Waals surface area contributed by atoms with Crippen molar-refractivity contribution in [2.75, 3.05) is 33.0 Å². The van der Waals surface area contributed by atoms with Gasteiger partial charge in [0.1, 0.15) is 6.61 Å². The lowest BCUT2D eigenvalue weighted by Gasteiger charge is -2.02. The predicted octanol–water partition coefficient (Wildman–Crippen LogP) is 0.214. The Morgan fingerprint density at radius 3 is 2.22 bits per heavy atom. The van der Waals surface area contributed by atoms with Crippen LogP contribution in [0, 0.1) is 0 Å². The Hall–Kier alpha value is -1.66. The van der Waals surface area contributed by atoms with Gasteiger partial charge in [-0.2, -0.15) is 0 Å². The Morgan fingerprint density at radius 1 is 1.06 bits per heavy atom. The molecule has 1 N–H and O–H groups in total. The molecule has 18 heavy (non-hydrogen) atoms. The lowest BCUT2D eigenvalue weighted by molar-refractivity contribution is -0.141. The average molecular weight is 258 g/mol. The first-order valence-corrected chi connectivity index (χ1v) is 5.51. The van der Waals surface area contributed by atoms with Crippen LogP contribution in [-0.4, -0.2) is 50.1 Å². The van der Waals surface area contributed by atoms with Gasteiger partial charge in [0.15, 0.2) is 0 Å². The highest BCUT2D eigenvalue weighted by Gasteiger charge is 2.00. The van der Waals surface area contributed by atoms with E-state index in [0.29, 0.717) is 13.0 Å². The highest BCUT2D eigenvalue weighted by atomic mass is 16.6. The average Bonchev–Trinajstić information content (AvgIpc) is 2.36. The van der Waals surface area contributed by atoms with E-state index in [-0.39, 0.29) is 26.4 Å². The monoisotopic (exact) mass is 258 g/mol. The van der Waals surface area contributed by atoms with E-state index in [4.69, 9.17) is 14.6 Å². The Labute approximate surface area is 106 Å². The molecule has 0 bridgehead atoms. The summed E-state index contributed by atoms with van der Waals surface area (Å²) in [6.45, 7) is 4.30. The maximum Gasteiger partial charge on any atom is 0.331 e. The number of hydrogen-bond donors (Lipinski definition) is 1. The fourth-order valence-electron chi connectivity index (χ4n) is 0.837. The van der Waals surface area contributed by atoms with Crippen LogP contribution in [0.15, 0.2) is 24.8 Å². The van der Waals surface area contributed by atoms with Crippen LogP contribution in [0.2, 0.25) is 0 Å². The second-order valence-corrected chi connectivity index (χ2v) is 3.11. The van der Waals surface area contributed by atoms with Gasteiger partial charge in [-0.15, -0.1) is 6.58 Å². The van der Waals surface area contributed by atoms with Gasteiger partial charge in [0, 0.05) is 25.2 Å². The van der Waals surface area contributed by atoms with E-state index in [2.05, 4.69) is 11.3 Å². The summed E-state index contributed by atoms with van der Waals surface area (Å²) in [5.41, 5.74) is 0. The fraction of sp³-hybridized carbons (Fsp3) is 0.500. The molecule has 0 aromatic carbocycles. The standard InChI is InChI=1S/C12H18O6/c1-2-7-16-9-10-18-12(15)5-4-11(14)17-8-3-6-13/h2,4-5,13H,1,3,6-10H2/b5-4+. The van der Waals surface area contributed by atoms with Crippen LogP contribution in [0.5, 0.6) is 0 Å². The second kappa shape index (κ2) is 11.8. The third-order valence-corrected chi connectivity index (χ3v) is 1.61. The predicted molar refractivity (Wildman–Crippen MR) is 63.8 cm³/mol. The number of aliphatic hydroxyl groups is 1. The van der Waals surface area contributed by atoms with Crippen molar-refractivity contribution in [1.82, 2.24) is 0 Å². The van der Waals surface area contributed by atoms with Crippen molar-refractivity contribution < 1.29 is 28.9 Å². The fourth-order valence-corrected chi connectivity index (χ4v) is 0.837. The number of rotatable bonds is 10. The number of hydrogen-bond acceptors (Lipinski definition) is 6. The summed E-state index contributed by atoms with van der Waals surface area (Å²) in [7, 11) is 0. The van der Waals surface area contributed by atoms with Crippen LogP contribution in [0.25, 0.3) is 0 Å². The quantitative estimate of drug-likeness (QED) is 0.261. The minimum atomic E-state index is -0.650. The maximum absolute atomic E-state index is 11.1. The Kier molecular flexibility index (Phi) is 10.7. The van der Waals surface area contributed by atoms with Crippen molar-refractivity contribution in [2.45, 2.75) is 6.42 Å². The Bertz CT molecular complexity index is 284. The summed E-state index contributed by atoms with van der Waals surface area (Å²) in [5, 5.41) is 8.45. The molecule has 0 saturated carbocycles. The van der Waals surface area contributed by atoms with Crippen molar-refractivity contribution in [2.24, 2.45) is 0 Å². The molecule has 0 rings (SSSR count). The zero-order valence-corrected chi connectivity index (χ0v) is 10.2. The van der Waals surface area contributed by atoms with E-state index in [0.717, 1.165) is 12.2 Å². The van der Waals surface area contributed by atoms with E-state index in [1.54, 1.807) is 6.08 Å². The number of aliphatic hydroxyl groups excluding tert-OH is 1. The lowest BCUT2D eigenvalue weighted by Crippen LogP contribution is -2.09. The van der Waals surface area contributed by atoms with Gasteiger partial charge in [-0.3, -0.25) is 0 Å². The van der Waals surface area contributed by atoms with Crippen molar-refractivity contribution in [3.05, 3.63) is 24.8 Å². The minimum absolute atomic E-state index is 0.0518. The molecule has 0 fully saturated rings. The first-order valence-electron chi connectivity index (χ1n) is 5.51. The molecule has 0 aromatic heterocycles. The summed E-state index contributed by atoms with van der Waals surface area (Å²) in [5.74, 6) is -1.29. The van der Waals surface area contributed by atoms with Crippen molar-refractivity contribution >= 4 is 11.9 Å². The normalized spacial score (nSPS) is 10.3. The first-order chi connectivity index (χ1) is 8.70. The topological polar surface area (TPSA) is 82.1 Å². The molecular formula is C12H18O6. The summed E-state index contributed by atoms with van der Waals surface area (Å²) in [4.78, 5) is 22.1. The zero-order chi connectivity index (χ0) is 13.6. The van der Waals surface area contributed by atoms with Gasteiger partial charge < -0.3 is 19.3 Å². The molecule has 0 aliphatic carbocycles. The van der Waals surface area contributed by atoms with Crippen LogP contribution in [0.1, 0.15) is 6.42 Å².